The van der Waals surface area contributed by atoms with E-state index in [1.165, 1.54) is 19.3 Å². The number of hydrogen-bond donors (Lipinski definition) is 2. The maximum atomic E-state index is 4.55. The third-order valence-corrected chi connectivity index (χ3v) is 3.54. The molecule has 1 saturated carbocycles. The molecule has 2 N–H and O–H groups in total. The standard InChI is InChI=1S/C16H20N4/c1-12-11-18-16(19-14-5-3-2-4-6-14)20-15(12)17-10-9-13-7-8-13/h2-6,11,13H,7-10H2,1H3,(H2,17,18,19,20). The lowest BCUT2D eigenvalue weighted by atomic mass is 10.3. The first-order valence-corrected chi connectivity index (χ1v) is 7.21. The molecular weight excluding hydrogens is 248 g/mol. The summed E-state index contributed by atoms with van der Waals surface area (Å²) in [6, 6.07) is 9.98. The van der Waals surface area contributed by atoms with Gasteiger partial charge in [-0.05, 0) is 31.4 Å². The van der Waals surface area contributed by atoms with Gasteiger partial charge in [0.15, 0.2) is 0 Å². The van der Waals surface area contributed by atoms with Crippen molar-refractivity contribution < 1.29 is 0 Å². The average molecular weight is 268 g/mol. The van der Waals surface area contributed by atoms with Gasteiger partial charge in [-0.1, -0.05) is 31.0 Å². The minimum atomic E-state index is 0.635. The molecule has 1 aliphatic carbocycles. The Hall–Kier alpha value is -2.10. The second-order valence-corrected chi connectivity index (χ2v) is 5.38. The molecule has 104 valence electrons. The summed E-state index contributed by atoms with van der Waals surface area (Å²) in [4.78, 5) is 8.88. The summed E-state index contributed by atoms with van der Waals surface area (Å²) in [5.41, 5.74) is 2.08. The molecule has 0 bridgehead atoms. The van der Waals surface area contributed by atoms with Crippen molar-refractivity contribution in [2.45, 2.75) is 26.2 Å². The van der Waals surface area contributed by atoms with Crippen LogP contribution >= 0.6 is 0 Å². The first-order chi connectivity index (χ1) is 9.81. The van der Waals surface area contributed by atoms with Gasteiger partial charge in [0.1, 0.15) is 5.82 Å². The molecule has 2 aromatic rings. The molecule has 3 rings (SSSR count). The summed E-state index contributed by atoms with van der Waals surface area (Å²) in [6.07, 6.45) is 5.89. The number of nitrogens with zero attached hydrogens (tertiary/aromatic N) is 2. The Balaban J connectivity index is 1.65. The van der Waals surface area contributed by atoms with Gasteiger partial charge in [-0.25, -0.2) is 4.98 Å². The number of aryl methyl sites for hydroxylation is 1. The summed E-state index contributed by atoms with van der Waals surface area (Å²) in [7, 11) is 0. The van der Waals surface area contributed by atoms with Crippen LogP contribution in [-0.2, 0) is 0 Å². The number of anilines is 3. The van der Waals surface area contributed by atoms with Crippen molar-refractivity contribution in [3.63, 3.8) is 0 Å². The molecule has 4 heteroatoms. The molecule has 20 heavy (non-hydrogen) atoms. The Morgan fingerprint density at radius 3 is 2.75 bits per heavy atom. The van der Waals surface area contributed by atoms with Gasteiger partial charge in [0.2, 0.25) is 5.95 Å². The lowest BCUT2D eigenvalue weighted by molar-refractivity contribution is 0.757. The Bertz CT molecular complexity index is 564. The zero-order valence-corrected chi connectivity index (χ0v) is 11.8. The van der Waals surface area contributed by atoms with Crippen molar-refractivity contribution in [2.75, 3.05) is 17.2 Å². The maximum absolute atomic E-state index is 4.55. The van der Waals surface area contributed by atoms with Gasteiger partial charge in [-0.15, -0.1) is 0 Å². The minimum Gasteiger partial charge on any atom is -0.370 e. The van der Waals surface area contributed by atoms with Gasteiger partial charge >= 0.3 is 0 Å². The lowest BCUT2D eigenvalue weighted by Gasteiger charge is -2.10. The predicted molar refractivity (Wildman–Crippen MR) is 82.3 cm³/mol. The first kappa shape index (κ1) is 12.9. The Morgan fingerprint density at radius 2 is 2.00 bits per heavy atom. The molecule has 0 atom stereocenters. The molecule has 1 heterocycles. The van der Waals surface area contributed by atoms with E-state index < -0.39 is 0 Å². The zero-order valence-electron chi connectivity index (χ0n) is 11.8. The fourth-order valence-corrected chi connectivity index (χ4v) is 2.13. The molecule has 1 aromatic heterocycles. The van der Waals surface area contributed by atoms with E-state index in [0.717, 1.165) is 29.5 Å². The van der Waals surface area contributed by atoms with E-state index in [0.29, 0.717) is 5.95 Å². The predicted octanol–water partition coefficient (Wildman–Crippen LogP) is 3.74. The smallest absolute Gasteiger partial charge is 0.229 e. The van der Waals surface area contributed by atoms with Gasteiger partial charge in [0.05, 0.1) is 0 Å². The van der Waals surface area contributed by atoms with Crippen LogP contribution in [0.3, 0.4) is 0 Å². The molecule has 1 aliphatic rings. The molecular formula is C16H20N4. The highest BCUT2D eigenvalue weighted by Gasteiger charge is 2.20. The number of benzene rings is 1. The van der Waals surface area contributed by atoms with Gasteiger partial charge < -0.3 is 10.6 Å². The third kappa shape index (κ3) is 3.47. The molecule has 0 aliphatic heterocycles. The van der Waals surface area contributed by atoms with Crippen molar-refractivity contribution in [1.29, 1.82) is 0 Å². The van der Waals surface area contributed by atoms with E-state index >= 15 is 0 Å². The summed E-state index contributed by atoms with van der Waals surface area (Å²) in [6.45, 7) is 3.03. The second kappa shape index (κ2) is 5.90. The van der Waals surface area contributed by atoms with Crippen molar-refractivity contribution >= 4 is 17.5 Å². The van der Waals surface area contributed by atoms with E-state index in [-0.39, 0.29) is 0 Å². The number of nitrogens with one attached hydrogen (secondary N) is 2. The van der Waals surface area contributed by atoms with Crippen molar-refractivity contribution in [3.8, 4) is 0 Å². The lowest BCUT2D eigenvalue weighted by Crippen LogP contribution is -2.08. The number of hydrogen-bond acceptors (Lipinski definition) is 4. The van der Waals surface area contributed by atoms with E-state index in [9.17, 15) is 0 Å². The molecule has 0 amide bonds. The average Bonchev–Trinajstić information content (AvgIpc) is 3.28. The van der Waals surface area contributed by atoms with E-state index in [4.69, 9.17) is 0 Å². The topological polar surface area (TPSA) is 49.8 Å². The van der Waals surface area contributed by atoms with Crippen molar-refractivity contribution in [3.05, 3.63) is 42.1 Å². The van der Waals surface area contributed by atoms with Crippen LogP contribution in [0.15, 0.2) is 36.5 Å². The van der Waals surface area contributed by atoms with Gasteiger partial charge in [0.25, 0.3) is 0 Å². The molecule has 1 aromatic carbocycles. The molecule has 4 nitrogen and oxygen atoms in total. The summed E-state index contributed by atoms with van der Waals surface area (Å²) < 4.78 is 0. The van der Waals surface area contributed by atoms with E-state index in [1.54, 1.807) is 0 Å². The first-order valence-electron chi connectivity index (χ1n) is 7.21. The van der Waals surface area contributed by atoms with Crippen LogP contribution in [0.5, 0.6) is 0 Å². The molecule has 0 unspecified atom stereocenters. The minimum absolute atomic E-state index is 0.635. The van der Waals surface area contributed by atoms with Crippen LogP contribution in [0.1, 0.15) is 24.8 Å². The molecule has 0 spiro atoms. The maximum Gasteiger partial charge on any atom is 0.229 e. The van der Waals surface area contributed by atoms with Gasteiger partial charge in [0, 0.05) is 24.0 Å². The van der Waals surface area contributed by atoms with Crippen LogP contribution in [-0.4, -0.2) is 16.5 Å². The fourth-order valence-electron chi connectivity index (χ4n) is 2.13. The quantitative estimate of drug-likeness (QED) is 0.838. The van der Waals surface area contributed by atoms with E-state index in [1.807, 2.05) is 43.5 Å². The fraction of sp³-hybridized carbons (Fsp3) is 0.375. The number of para-hydroxylation sites is 1. The second-order valence-electron chi connectivity index (χ2n) is 5.38. The van der Waals surface area contributed by atoms with Crippen LogP contribution in [0.4, 0.5) is 17.5 Å². The molecule has 1 fully saturated rings. The summed E-state index contributed by atoms with van der Waals surface area (Å²) in [5.74, 6) is 2.50. The largest absolute Gasteiger partial charge is 0.370 e. The van der Waals surface area contributed by atoms with Gasteiger partial charge in [-0.2, -0.15) is 4.98 Å². The van der Waals surface area contributed by atoms with Crippen molar-refractivity contribution in [1.82, 2.24) is 9.97 Å². The highest BCUT2D eigenvalue weighted by molar-refractivity contribution is 5.55. The monoisotopic (exact) mass is 268 g/mol. The van der Waals surface area contributed by atoms with Crippen LogP contribution < -0.4 is 10.6 Å². The Labute approximate surface area is 119 Å². The summed E-state index contributed by atoms with van der Waals surface area (Å²) >= 11 is 0. The number of aromatic nitrogens is 2. The highest BCUT2D eigenvalue weighted by atomic mass is 15.1. The van der Waals surface area contributed by atoms with Crippen LogP contribution in [0.2, 0.25) is 0 Å². The normalized spacial score (nSPS) is 14.1. The molecule has 0 radical (unpaired) electrons. The van der Waals surface area contributed by atoms with Gasteiger partial charge in [-0.3, -0.25) is 0 Å². The van der Waals surface area contributed by atoms with Crippen LogP contribution in [0.25, 0.3) is 0 Å². The van der Waals surface area contributed by atoms with E-state index in [2.05, 4.69) is 20.6 Å². The highest BCUT2D eigenvalue weighted by Crippen LogP contribution is 2.32. The Morgan fingerprint density at radius 1 is 1.20 bits per heavy atom. The number of rotatable bonds is 6. The van der Waals surface area contributed by atoms with Crippen LogP contribution in [0, 0.1) is 12.8 Å². The molecule has 0 saturated heterocycles. The summed E-state index contributed by atoms with van der Waals surface area (Å²) in [5, 5.41) is 6.64. The Kier molecular flexibility index (Phi) is 3.81. The third-order valence-electron chi connectivity index (χ3n) is 3.54. The zero-order chi connectivity index (χ0) is 13.8. The van der Waals surface area contributed by atoms with Crippen molar-refractivity contribution in [2.24, 2.45) is 5.92 Å². The SMILES string of the molecule is Cc1cnc(Nc2ccccc2)nc1NCCC1CC1.